The van der Waals surface area contributed by atoms with Crippen LogP contribution in [0.5, 0.6) is 0 Å². The molecule has 0 saturated carbocycles. The molecule has 1 heterocycles. The molecule has 6 heteroatoms. The van der Waals surface area contributed by atoms with Gasteiger partial charge in [0.05, 0.1) is 12.2 Å². The van der Waals surface area contributed by atoms with Crippen molar-refractivity contribution in [3.05, 3.63) is 24.3 Å². The lowest BCUT2D eigenvalue weighted by Crippen LogP contribution is -2.45. The topological polar surface area (TPSA) is 62.8 Å². The molecule has 23 heavy (non-hydrogen) atoms. The van der Waals surface area contributed by atoms with Crippen molar-refractivity contribution in [2.45, 2.75) is 32.5 Å². The van der Waals surface area contributed by atoms with E-state index in [0.29, 0.717) is 13.2 Å². The van der Waals surface area contributed by atoms with Gasteiger partial charge < -0.3 is 25.0 Å². The van der Waals surface area contributed by atoms with Crippen molar-refractivity contribution in [1.29, 1.82) is 0 Å². The Morgan fingerprint density at radius 2 is 1.91 bits per heavy atom. The third-order valence-electron chi connectivity index (χ3n) is 3.72. The van der Waals surface area contributed by atoms with Gasteiger partial charge in [0.2, 0.25) is 0 Å². The van der Waals surface area contributed by atoms with Gasteiger partial charge in [0, 0.05) is 44.7 Å². The molecule has 0 radical (unpaired) electrons. The Hall–Kier alpha value is -1.79. The SMILES string of the molecule is COCCCNC(=O)Nc1ccc(N2C[C@H](C)O[C@@H](C)C2)cc1. The Kier molecular flexibility index (Phi) is 6.67. The molecular weight excluding hydrogens is 294 g/mol. The van der Waals surface area contributed by atoms with Crippen LogP contribution in [0.15, 0.2) is 24.3 Å². The molecule has 1 saturated heterocycles. The summed E-state index contributed by atoms with van der Waals surface area (Å²) in [6.45, 7) is 7.19. The van der Waals surface area contributed by atoms with Gasteiger partial charge in [0.25, 0.3) is 0 Å². The van der Waals surface area contributed by atoms with Crippen molar-refractivity contribution in [2.24, 2.45) is 0 Å². The Labute approximate surface area is 138 Å². The fourth-order valence-corrected chi connectivity index (χ4v) is 2.74. The summed E-state index contributed by atoms with van der Waals surface area (Å²) in [5.74, 6) is 0. The average Bonchev–Trinajstić information content (AvgIpc) is 2.51. The highest BCUT2D eigenvalue weighted by Crippen LogP contribution is 2.22. The third kappa shape index (κ3) is 5.73. The third-order valence-corrected chi connectivity index (χ3v) is 3.72. The standard InChI is InChI=1S/C17H27N3O3/c1-13-11-20(12-14(2)23-13)16-7-5-15(6-8-16)19-17(21)18-9-4-10-22-3/h5-8,13-14H,4,9-12H2,1-3H3,(H2,18,19,21)/t13-,14-/m0/s1. The van der Waals surface area contributed by atoms with Gasteiger partial charge in [-0.2, -0.15) is 0 Å². The molecule has 2 amide bonds. The summed E-state index contributed by atoms with van der Waals surface area (Å²) in [4.78, 5) is 14.1. The molecule has 1 aliphatic heterocycles. The van der Waals surface area contributed by atoms with Crippen LogP contribution in [0.4, 0.5) is 16.2 Å². The van der Waals surface area contributed by atoms with Gasteiger partial charge >= 0.3 is 6.03 Å². The van der Waals surface area contributed by atoms with Gasteiger partial charge in [-0.15, -0.1) is 0 Å². The van der Waals surface area contributed by atoms with Crippen LogP contribution >= 0.6 is 0 Å². The van der Waals surface area contributed by atoms with E-state index < -0.39 is 0 Å². The molecule has 128 valence electrons. The van der Waals surface area contributed by atoms with Crippen LogP contribution < -0.4 is 15.5 Å². The fourth-order valence-electron chi connectivity index (χ4n) is 2.74. The first-order chi connectivity index (χ1) is 11.1. The van der Waals surface area contributed by atoms with Gasteiger partial charge in [-0.25, -0.2) is 4.79 Å². The lowest BCUT2D eigenvalue weighted by molar-refractivity contribution is -0.00521. The average molecular weight is 321 g/mol. The number of methoxy groups -OCH3 is 1. The Morgan fingerprint density at radius 3 is 2.52 bits per heavy atom. The minimum Gasteiger partial charge on any atom is -0.385 e. The quantitative estimate of drug-likeness (QED) is 0.790. The number of amides is 2. The van der Waals surface area contributed by atoms with Crippen LogP contribution in [0, 0.1) is 0 Å². The summed E-state index contributed by atoms with van der Waals surface area (Å²) in [6.07, 6.45) is 1.26. The lowest BCUT2D eigenvalue weighted by Gasteiger charge is -2.36. The van der Waals surface area contributed by atoms with E-state index in [1.807, 2.05) is 24.3 Å². The Bertz CT molecular complexity index is 482. The molecule has 2 atom stereocenters. The maximum absolute atomic E-state index is 11.8. The molecule has 2 rings (SSSR count). The highest BCUT2D eigenvalue weighted by molar-refractivity contribution is 5.89. The van der Waals surface area contributed by atoms with Gasteiger partial charge in [0.15, 0.2) is 0 Å². The van der Waals surface area contributed by atoms with Crippen LogP contribution in [0.1, 0.15) is 20.3 Å². The van der Waals surface area contributed by atoms with Crippen LogP contribution in [0.2, 0.25) is 0 Å². The molecular formula is C17H27N3O3. The normalized spacial score (nSPS) is 21.1. The number of carbonyl (C=O) groups excluding carboxylic acids is 1. The molecule has 1 fully saturated rings. The maximum Gasteiger partial charge on any atom is 0.319 e. The zero-order chi connectivity index (χ0) is 16.7. The molecule has 0 spiro atoms. The zero-order valence-corrected chi connectivity index (χ0v) is 14.2. The molecule has 0 aliphatic carbocycles. The van der Waals surface area contributed by atoms with Crippen LogP contribution in [-0.4, -0.2) is 51.6 Å². The van der Waals surface area contributed by atoms with Crippen molar-refractivity contribution in [1.82, 2.24) is 5.32 Å². The lowest BCUT2D eigenvalue weighted by atomic mass is 10.2. The molecule has 0 aromatic heterocycles. The first-order valence-corrected chi connectivity index (χ1v) is 8.12. The second-order valence-corrected chi connectivity index (χ2v) is 5.94. The number of ether oxygens (including phenoxy) is 2. The number of rotatable bonds is 6. The molecule has 6 nitrogen and oxygen atoms in total. The van der Waals surface area contributed by atoms with Crippen molar-refractivity contribution in [2.75, 3.05) is 43.6 Å². The number of nitrogens with zero attached hydrogens (tertiary/aromatic N) is 1. The van der Waals surface area contributed by atoms with Gasteiger partial charge in [-0.05, 0) is 44.5 Å². The number of hydrogen-bond acceptors (Lipinski definition) is 4. The van der Waals surface area contributed by atoms with E-state index in [0.717, 1.165) is 30.9 Å². The second-order valence-electron chi connectivity index (χ2n) is 5.94. The summed E-state index contributed by atoms with van der Waals surface area (Å²) >= 11 is 0. The molecule has 0 bridgehead atoms. The van der Waals surface area contributed by atoms with E-state index in [9.17, 15) is 4.79 Å². The van der Waals surface area contributed by atoms with E-state index in [2.05, 4.69) is 29.4 Å². The van der Waals surface area contributed by atoms with Gasteiger partial charge in [-0.3, -0.25) is 0 Å². The summed E-state index contributed by atoms with van der Waals surface area (Å²) in [5, 5.41) is 5.63. The first-order valence-electron chi connectivity index (χ1n) is 8.12. The van der Waals surface area contributed by atoms with Crippen molar-refractivity contribution >= 4 is 17.4 Å². The van der Waals surface area contributed by atoms with E-state index >= 15 is 0 Å². The summed E-state index contributed by atoms with van der Waals surface area (Å²) in [5.41, 5.74) is 1.94. The molecule has 1 aliphatic rings. The van der Waals surface area contributed by atoms with E-state index in [1.54, 1.807) is 7.11 Å². The predicted molar refractivity (Wildman–Crippen MR) is 92.2 cm³/mol. The smallest absolute Gasteiger partial charge is 0.319 e. The monoisotopic (exact) mass is 321 g/mol. The molecule has 0 unspecified atom stereocenters. The first kappa shape index (κ1) is 17.6. The number of benzene rings is 1. The van der Waals surface area contributed by atoms with E-state index in [1.165, 1.54) is 0 Å². The van der Waals surface area contributed by atoms with E-state index in [-0.39, 0.29) is 18.2 Å². The predicted octanol–water partition coefficient (Wildman–Crippen LogP) is 2.46. The number of carbonyl (C=O) groups is 1. The zero-order valence-electron chi connectivity index (χ0n) is 14.2. The molecule has 1 aromatic carbocycles. The number of hydrogen-bond donors (Lipinski definition) is 2. The largest absolute Gasteiger partial charge is 0.385 e. The van der Waals surface area contributed by atoms with Gasteiger partial charge in [0.1, 0.15) is 0 Å². The van der Waals surface area contributed by atoms with Crippen LogP contribution in [-0.2, 0) is 9.47 Å². The minimum absolute atomic E-state index is 0.192. The number of nitrogens with one attached hydrogen (secondary N) is 2. The number of urea groups is 1. The van der Waals surface area contributed by atoms with Gasteiger partial charge in [-0.1, -0.05) is 0 Å². The maximum atomic E-state index is 11.8. The molecule has 1 aromatic rings. The highest BCUT2D eigenvalue weighted by Gasteiger charge is 2.22. The van der Waals surface area contributed by atoms with Crippen molar-refractivity contribution in [3.8, 4) is 0 Å². The van der Waals surface area contributed by atoms with Crippen LogP contribution in [0.3, 0.4) is 0 Å². The minimum atomic E-state index is -0.192. The number of anilines is 2. The van der Waals surface area contributed by atoms with Crippen LogP contribution in [0.25, 0.3) is 0 Å². The Balaban J connectivity index is 1.83. The van der Waals surface area contributed by atoms with Crippen molar-refractivity contribution < 1.29 is 14.3 Å². The van der Waals surface area contributed by atoms with E-state index in [4.69, 9.17) is 9.47 Å². The highest BCUT2D eigenvalue weighted by atomic mass is 16.5. The second kappa shape index (κ2) is 8.74. The van der Waals surface area contributed by atoms with Crippen molar-refractivity contribution in [3.63, 3.8) is 0 Å². The Morgan fingerprint density at radius 1 is 1.26 bits per heavy atom. The molecule has 2 N–H and O–H groups in total. The summed E-state index contributed by atoms with van der Waals surface area (Å²) in [6, 6.07) is 7.72. The summed E-state index contributed by atoms with van der Waals surface area (Å²) < 4.78 is 10.7. The number of morpholine rings is 1. The summed E-state index contributed by atoms with van der Waals surface area (Å²) in [7, 11) is 1.65. The fraction of sp³-hybridized carbons (Fsp3) is 0.588.